The number of benzene rings is 2. The first kappa shape index (κ1) is 29.9. The van der Waals surface area contributed by atoms with Gasteiger partial charge in [-0.2, -0.15) is 0 Å². The molecule has 0 saturated carbocycles. The summed E-state index contributed by atoms with van der Waals surface area (Å²) in [4.78, 5) is 47.4. The van der Waals surface area contributed by atoms with Crippen LogP contribution >= 0.6 is 0 Å². The highest BCUT2D eigenvalue weighted by molar-refractivity contribution is 5.95. The lowest BCUT2D eigenvalue weighted by atomic mass is 10.0. The van der Waals surface area contributed by atoms with Crippen LogP contribution in [0.1, 0.15) is 49.5 Å². The number of amides is 2. The third-order valence-electron chi connectivity index (χ3n) is 5.12. The Morgan fingerprint density at radius 3 is 2.37 bits per heavy atom. The second-order valence-corrected chi connectivity index (χ2v) is 9.31. The number of phenols is 1. The predicted octanol–water partition coefficient (Wildman–Crippen LogP) is 3.50. The van der Waals surface area contributed by atoms with Gasteiger partial charge in [-0.25, -0.2) is 9.59 Å². The molecule has 0 saturated heterocycles. The largest absolute Gasteiger partial charge is 0.507 e. The van der Waals surface area contributed by atoms with Crippen molar-refractivity contribution in [3.05, 3.63) is 63.7 Å². The van der Waals surface area contributed by atoms with Crippen molar-refractivity contribution in [2.24, 2.45) is 0 Å². The van der Waals surface area contributed by atoms with Crippen LogP contribution in [0.3, 0.4) is 0 Å². The number of nitro benzene ring substituents is 1. The number of aromatic hydroxyl groups is 1. The van der Waals surface area contributed by atoms with E-state index in [0.717, 1.165) is 0 Å². The molecule has 38 heavy (non-hydrogen) atoms. The van der Waals surface area contributed by atoms with Crippen LogP contribution in [0.4, 0.5) is 10.5 Å². The topological polar surface area (TPSA) is 166 Å². The number of nitrogens with one attached hydrogen (secondary N) is 2. The van der Waals surface area contributed by atoms with Crippen molar-refractivity contribution in [2.75, 3.05) is 20.3 Å². The Kier molecular flexibility index (Phi) is 10.9. The Morgan fingerprint density at radius 2 is 1.76 bits per heavy atom. The summed E-state index contributed by atoms with van der Waals surface area (Å²) in [5.74, 6) is -1.23. The smallest absolute Gasteiger partial charge is 0.408 e. The van der Waals surface area contributed by atoms with E-state index in [9.17, 15) is 29.6 Å². The molecule has 1 atom stereocenters. The number of methoxy groups -OCH3 is 1. The van der Waals surface area contributed by atoms with Crippen molar-refractivity contribution in [1.82, 2.24) is 10.6 Å². The van der Waals surface area contributed by atoms with Crippen molar-refractivity contribution in [1.29, 1.82) is 0 Å². The van der Waals surface area contributed by atoms with Gasteiger partial charge < -0.3 is 30.0 Å². The number of esters is 1. The van der Waals surface area contributed by atoms with Gasteiger partial charge in [0.2, 0.25) is 5.91 Å². The highest BCUT2D eigenvalue weighted by atomic mass is 16.6. The first-order valence-electron chi connectivity index (χ1n) is 11.9. The highest BCUT2D eigenvalue weighted by Crippen LogP contribution is 2.28. The number of carbonyl (C=O) groups excluding carboxylic acids is 3. The number of hydrogen-bond acceptors (Lipinski definition) is 9. The molecule has 0 fully saturated rings. The van der Waals surface area contributed by atoms with Crippen molar-refractivity contribution < 1.29 is 38.6 Å². The second-order valence-electron chi connectivity index (χ2n) is 9.31. The summed E-state index contributed by atoms with van der Waals surface area (Å²) in [5.41, 5.74) is -0.290. The summed E-state index contributed by atoms with van der Waals surface area (Å²) in [5, 5.41) is 26.1. The molecule has 0 radical (unpaired) electrons. The van der Waals surface area contributed by atoms with Gasteiger partial charge in [-0.3, -0.25) is 14.9 Å². The molecule has 0 aliphatic rings. The number of carbonyl (C=O) groups is 3. The number of rotatable bonds is 12. The van der Waals surface area contributed by atoms with E-state index >= 15 is 0 Å². The van der Waals surface area contributed by atoms with Crippen LogP contribution in [0, 0.1) is 10.1 Å². The first-order chi connectivity index (χ1) is 17.9. The number of ether oxygens (including phenoxy) is 3. The summed E-state index contributed by atoms with van der Waals surface area (Å²) in [6.45, 7) is 5.59. The summed E-state index contributed by atoms with van der Waals surface area (Å²) >= 11 is 0. The first-order valence-corrected chi connectivity index (χ1v) is 11.9. The minimum absolute atomic E-state index is 0.0643. The van der Waals surface area contributed by atoms with Gasteiger partial charge in [0, 0.05) is 25.1 Å². The number of hydrogen-bond donors (Lipinski definition) is 3. The van der Waals surface area contributed by atoms with Crippen LogP contribution in [0.5, 0.6) is 11.5 Å². The van der Waals surface area contributed by atoms with Gasteiger partial charge in [-0.05, 0) is 51.3 Å². The molecule has 0 unspecified atom stereocenters. The molecule has 0 aliphatic heterocycles. The molecule has 0 aromatic heterocycles. The van der Waals surface area contributed by atoms with Crippen molar-refractivity contribution in [3.63, 3.8) is 0 Å². The van der Waals surface area contributed by atoms with Crippen molar-refractivity contribution >= 4 is 23.7 Å². The van der Waals surface area contributed by atoms with Crippen LogP contribution in [-0.4, -0.2) is 59.9 Å². The van der Waals surface area contributed by atoms with E-state index in [-0.39, 0.29) is 42.3 Å². The molecule has 0 bridgehead atoms. The summed E-state index contributed by atoms with van der Waals surface area (Å²) in [6.07, 6.45) is 0.373. The molecule has 3 N–H and O–H groups in total. The van der Waals surface area contributed by atoms with E-state index in [0.29, 0.717) is 18.4 Å². The summed E-state index contributed by atoms with van der Waals surface area (Å²) in [6, 6.07) is 9.17. The minimum Gasteiger partial charge on any atom is -0.507 e. The number of unbranched alkanes of at least 4 members (excludes halogenated alkanes) is 1. The molecular formula is C26H33N3O9. The normalized spacial score (nSPS) is 11.7. The van der Waals surface area contributed by atoms with Crippen molar-refractivity contribution in [3.8, 4) is 11.5 Å². The number of nitro groups is 1. The monoisotopic (exact) mass is 531 g/mol. The van der Waals surface area contributed by atoms with E-state index in [2.05, 4.69) is 15.4 Å². The Bertz CT molecular complexity index is 1130. The van der Waals surface area contributed by atoms with Crippen LogP contribution in [0.2, 0.25) is 0 Å². The quantitative estimate of drug-likeness (QED) is 0.161. The lowest BCUT2D eigenvalue weighted by Gasteiger charge is -2.23. The molecule has 2 aromatic carbocycles. The number of phenolic OH excluding ortho intramolecular Hbond substituents is 1. The summed E-state index contributed by atoms with van der Waals surface area (Å²) in [7, 11) is 1.20. The molecular weight excluding hydrogens is 498 g/mol. The fraction of sp³-hybridized carbons (Fsp3) is 0.423. The zero-order valence-corrected chi connectivity index (χ0v) is 21.8. The average molecular weight is 532 g/mol. The number of alkyl carbamates (subject to hydrolysis) is 1. The molecule has 206 valence electrons. The average Bonchev–Trinajstić information content (AvgIpc) is 2.84. The van der Waals surface area contributed by atoms with Gasteiger partial charge in [0.25, 0.3) is 5.69 Å². The lowest BCUT2D eigenvalue weighted by Crippen LogP contribution is -2.49. The SMILES string of the molecule is COC(=O)c1c(O)cccc1OCCCCNC(=O)[C@H](Cc1ccc([N+](=O)[O-])cc1)NC(=O)OC(C)(C)C. The molecule has 0 aliphatic carbocycles. The Labute approximate surface area is 220 Å². The van der Waals surface area contributed by atoms with Gasteiger partial charge in [0.15, 0.2) is 0 Å². The molecule has 2 amide bonds. The standard InChI is InChI=1S/C26H33N3O9/c1-26(2,3)38-25(33)28-19(16-17-10-12-18(13-11-17)29(34)35)23(31)27-14-5-6-15-37-21-9-7-8-20(30)22(21)24(32)36-4/h7-13,19,30H,5-6,14-16H2,1-4H3,(H,27,31)(H,28,33)/t19-/m0/s1. The maximum absolute atomic E-state index is 12.9. The molecule has 12 nitrogen and oxygen atoms in total. The zero-order valence-electron chi connectivity index (χ0n) is 21.8. The minimum atomic E-state index is -0.975. The molecule has 0 heterocycles. The Hall–Kier alpha value is -4.35. The van der Waals surface area contributed by atoms with E-state index < -0.39 is 34.5 Å². The number of nitrogens with zero attached hydrogens (tertiary/aromatic N) is 1. The lowest BCUT2D eigenvalue weighted by molar-refractivity contribution is -0.384. The van der Waals surface area contributed by atoms with E-state index in [1.807, 2.05) is 0 Å². The third kappa shape index (κ3) is 9.60. The van der Waals surface area contributed by atoms with Gasteiger partial charge in [-0.1, -0.05) is 18.2 Å². The molecule has 2 aromatic rings. The van der Waals surface area contributed by atoms with Crippen LogP contribution in [-0.2, 0) is 20.7 Å². The van der Waals surface area contributed by atoms with Gasteiger partial charge >= 0.3 is 12.1 Å². The maximum atomic E-state index is 12.9. The third-order valence-corrected chi connectivity index (χ3v) is 5.12. The summed E-state index contributed by atoms with van der Waals surface area (Å²) < 4.78 is 15.5. The fourth-order valence-electron chi connectivity index (χ4n) is 3.34. The highest BCUT2D eigenvalue weighted by Gasteiger charge is 2.25. The molecule has 0 spiro atoms. The second kappa shape index (κ2) is 13.8. The van der Waals surface area contributed by atoms with Crippen LogP contribution < -0.4 is 15.4 Å². The fourth-order valence-corrected chi connectivity index (χ4v) is 3.34. The number of non-ortho nitro benzene ring substituents is 1. The van der Waals surface area contributed by atoms with E-state index in [4.69, 9.17) is 9.47 Å². The zero-order chi connectivity index (χ0) is 28.3. The van der Waals surface area contributed by atoms with Gasteiger partial charge in [0.1, 0.15) is 28.7 Å². The van der Waals surface area contributed by atoms with Crippen molar-refractivity contribution in [2.45, 2.75) is 51.7 Å². The Morgan fingerprint density at radius 1 is 1.08 bits per heavy atom. The van der Waals surface area contributed by atoms with Gasteiger partial charge in [0.05, 0.1) is 18.6 Å². The van der Waals surface area contributed by atoms with Gasteiger partial charge in [-0.15, -0.1) is 0 Å². The van der Waals surface area contributed by atoms with Crippen LogP contribution in [0.25, 0.3) is 0 Å². The molecule has 2 rings (SSSR count). The van der Waals surface area contributed by atoms with Crippen LogP contribution in [0.15, 0.2) is 42.5 Å². The van der Waals surface area contributed by atoms with E-state index in [1.54, 1.807) is 32.9 Å². The molecule has 12 heteroatoms. The van der Waals surface area contributed by atoms with E-state index in [1.165, 1.54) is 37.4 Å². The predicted molar refractivity (Wildman–Crippen MR) is 137 cm³/mol. The Balaban J connectivity index is 1.92. The maximum Gasteiger partial charge on any atom is 0.408 e.